The highest BCUT2D eigenvalue weighted by Gasteiger charge is 2.20. The third-order valence-corrected chi connectivity index (χ3v) is 5.19. The van der Waals surface area contributed by atoms with Crippen molar-refractivity contribution in [2.45, 2.75) is 85.6 Å². The number of benzene rings is 2. The van der Waals surface area contributed by atoms with Crippen LogP contribution in [-0.2, 0) is 5.41 Å². The summed E-state index contributed by atoms with van der Waals surface area (Å²) in [5.74, 6) is 1.84. The van der Waals surface area contributed by atoms with Crippen LogP contribution in [0.15, 0.2) is 42.5 Å². The Morgan fingerprint density at radius 2 is 1.28 bits per heavy atom. The first-order valence-electron chi connectivity index (χ1n) is 10.5. The minimum absolute atomic E-state index is 0. The van der Waals surface area contributed by atoms with Crippen LogP contribution in [0.5, 0.6) is 5.75 Å². The normalized spacial score (nSPS) is 12.5. The Bertz CT molecular complexity index is 785. The number of hydrogen-bond acceptors (Lipinski definition) is 1. The van der Waals surface area contributed by atoms with Crippen molar-refractivity contribution in [2.75, 3.05) is 0 Å². The van der Waals surface area contributed by atoms with Crippen LogP contribution < -0.4 is 17.1 Å². The van der Waals surface area contributed by atoms with Gasteiger partial charge in [-0.25, -0.2) is 0 Å². The van der Waals surface area contributed by atoms with Gasteiger partial charge in [0.25, 0.3) is 0 Å². The molecule has 0 spiro atoms. The molecule has 0 saturated heterocycles. The minimum Gasteiger partial charge on any atom is -1.00 e. The summed E-state index contributed by atoms with van der Waals surface area (Å²) < 4.78 is 8.57. The van der Waals surface area contributed by atoms with Crippen LogP contribution in [0.2, 0.25) is 0 Å². The van der Waals surface area contributed by atoms with Crippen molar-refractivity contribution in [1.29, 1.82) is 0 Å². The molecule has 2 rings (SSSR count). The van der Waals surface area contributed by atoms with E-state index in [2.05, 4.69) is 109 Å². The zero-order valence-corrected chi connectivity index (χ0v) is 20.3. The van der Waals surface area contributed by atoms with Gasteiger partial charge in [0.2, 0.25) is 5.69 Å². The molecule has 0 fully saturated rings. The third-order valence-electron chi connectivity index (χ3n) is 5.19. The van der Waals surface area contributed by atoms with Crippen LogP contribution in [0, 0.1) is 0 Å². The summed E-state index contributed by atoms with van der Waals surface area (Å²) in [7, 11) is 0. The van der Waals surface area contributed by atoms with Crippen molar-refractivity contribution in [3.63, 3.8) is 0 Å². The van der Waals surface area contributed by atoms with Crippen molar-refractivity contribution in [2.24, 2.45) is 0 Å². The first-order valence-corrected chi connectivity index (χ1v) is 10.5. The molecule has 0 radical (unpaired) electrons. The fourth-order valence-electron chi connectivity index (χ4n) is 3.34. The molecule has 0 atom stereocenters. The van der Waals surface area contributed by atoms with Gasteiger partial charge < -0.3 is 17.1 Å². The van der Waals surface area contributed by atoms with Crippen molar-refractivity contribution >= 4 is 12.1 Å². The SMILES string of the molecule is CC(C)c1cccc(C(C)C)c1OC=[N+](c1ccc(C(C)(C)C)cc1)C(C)C.[Cl-]. The Labute approximate surface area is 184 Å². The molecular formula is C26H38ClNO. The standard InChI is InChI=1S/C26H38NO.ClH/c1-18(2)23-11-10-12-24(19(3)4)25(23)28-17-27(20(5)6)22-15-13-21(14-16-22)26(7,8)9;/h10-20H,1-9H3;1H/q+1;/p-1. The van der Waals surface area contributed by atoms with Crippen molar-refractivity contribution in [3.8, 4) is 5.75 Å². The Morgan fingerprint density at radius 1 is 0.793 bits per heavy atom. The monoisotopic (exact) mass is 415 g/mol. The lowest BCUT2D eigenvalue weighted by molar-refractivity contribution is -0.477. The van der Waals surface area contributed by atoms with E-state index in [1.54, 1.807) is 0 Å². The molecule has 2 nitrogen and oxygen atoms in total. The van der Waals surface area contributed by atoms with Crippen LogP contribution in [0.25, 0.3) is 0 Å². The summed E-state index contributed by atoms with van der Waals surface area (Å²) in [5.41, 5.74) is 5.16. The van der Waals surface area contributed by atoms with Gasteiger partial charge in [-0.2, -0.15) is 4.58 Å². The van der Waals surface area contributed by atoms with Crippen molar-refractivity contribution in [1.82, 2.24) is 0 Å². The molecule has 2 aromatic carbocycles. The van der Waals surface area contributed by atoms with Gasteiger partial charge in [0.15, 0.2) is 6.04 Å². The van der Waals surface area contributed by atoms with Gasteiger partial charge in [0, 0.05) is 12.1 Å². The number of rotatable bonds is 6. The number of hydrogen-bond donors (Lipinski definition) is 0. The van der Waals surface area contributed by atoms with Crippen LogP contribution in [0.3, 0.4) is 0 Å². The van der Waals surface area contributed by atoms with E-state index in [1.165, 1.54) is 16.7 Å². The van der Waals surface area contributed by atoms with E-state index in [9.17, 15) is 0 Å². The summed E-state index contributed by atoms with van der Waals surface area (Å²) in [4.78, 5) is 0. The molecule has 29 heavy (non-hydrogen) atoms. The highest BCUT2D eigenvalue weighted by atomic mass is 35.5. The number of ether oxygens (including phenoxy) is 1. The zero-order chi connectivity index (χ0) is 21.1. The second kappa shape index (κ2) is 10.3. The third kappa shape index (κ3) is 6.34. The first kappa shape index (κ1) is 25.2. The lowest BCUT2D eigenvalue weighted by atomic mass is 9.87. The molecule has 2 aromatic rings. The van der Waals surface area contributed by atoms with E-state index >= 15 is 0 Å². The zero-order valence-electron chi connectivity index (χ0n) is 19.6. The lowest BCUT2D eigenvalue weighted by Crippen LogP contribution is -3.00. The van der Waals surface area contributed by atoms with Gasteiger partial charge in [0.05, 0.1) is 0 Å². The summed E-state index contributed by atoms with van der Waals surface area (Å²) in [6.07, 6.45) is 1.89. The average molecular weight is 416 g/mol. The van der Waals surface area contributed by atoms with Crippen molar-refractivity contribution < 1.29 is 21.7 Å². The van der Waals surface area contributed by atoms with Gasteiger partial charge in [-0.3, -0.25) is 0 Å². The van der Waals surface area contributed by atoms with E-state index in [-0.39, 0.29) is 17.8 Å². The lowest BCUT2D eigenvalue weighted by Gasteiger charge is -2.19. The number of halogens is 1. The second-order valence-electron chi connectivity index (χ2n) is 9.60. The summed E-state index contributed by atoms with van der Waals surface area (Å²) in [6, 6.07) is 15.6. The molecule has 0 bridgehead atoms. The molecule has 0 saturated carbocycles. The fraction of sp³-hybridized carbons (Fsp3) is 0.500. The minimum atomic E-state index is 0. The fourth-order valence-corrected chi connectivity index (χ4v) is 3.34. The predicted molar refractivity (Wildman–Crippen MR) is 122 cm³/mol. The molecule has 0 aliphatic rings. The van der Waals surface area contributed by atoms with E-state index in [1.807, 2.05) is 6.40 Å². The first-order chi connectivity index (χ1) is 13.0. The van der Waals surface area contributed by atoms with Gasteiger partial charge in [-0.1, -0.05) is 78.8 Å². The number of nitrogens with zero attached hydrogens (tertiary/aromatic N) is 1. The molecule has 0 N–H and O–H groups in total. The maximum absolute atomic E-state index is 6.37. The van der Waals surface area contributed by atoms with Crippen LogP contribution in [0.4, 0.5) is 5.69 Å². The van der Waals surface area contributed by atoms with E-state index in [4.69, 9.17) is 4.74 Å². The molecule has 3 heteroatoms. The molecule has 0 amide bonds. The Morgan fingerprint density at radius 3 is 1.66 bits per heavy atom. The van der Waals surface area contributed by atoms with E-state index in [0.29, 0.717) is 17.9 Å². The topological polar surface area (TPSA) is 12.2 Å². The van der Waals surface area contributed by atoms with Crippen molar-refractivity contribution in [3.05, 3.63) is 59.2 Å². The van der Waals surface area contributed by atoms with Crippen LogP contribution in [-0.4, -0.2) is 17.0 Å². The number of para-hydroxylation sites is 1. The molecule has 0 aliphatic heterocycles. The van der Waals surface area contributed by atoms with Crippen LogP contribution in [0.1, 0.15) is 90.8 Å². The quantitative estimate of drug-likeness (QED) is 0.387. The highest BCUT2D eigenvalue weighted by molar-refractivity contribution is 5.55. The molecule has 0 aliphatic carbocycles. The largest absolute Gasteiger partial charge is 1.00 e. The Hall–Kier alpha value is -1.80. The van der Waals surface area contributed by atoms with Crippen LogP contribution >= 0.6 is 0 Å². The molecule has 0 unspecified atom stereocenters. The molecule has 0 heterocycles. The molecule has 160 valence electrons. The van der Waals surface area contributed by atoms with E-state index in [0.717, 1.165) is 11.4 Å². The van der Waals surface area contributed by atoms with E-state index < -0.39 is 0 Å². The smallest absolute Gasteiger partial charge is 0.335 e. The maximum atomic E-state index is 6.37. The summed E-state index contributed by atoms with van der Waals surface area (Å²) in [5, 5.41) is 0. The predicted octanol–water partition coefficient (Wildman–Crippen LogP) is 4.39. The molecule has 0 aromatic heterocycles. The van der Waals surface area contributed by atoms with Gasteiger partial charge >= 0.3 is 6.40 Å². The maximum Gasteiger partial charge on any atom is 0.335 e. The van der Waals surface area contributed by atoms with Gasteiger partial charge in [-0.05, 0) is 47.8 Å². The Kier molecular flexibility index (Phi) is 8.96. The van der Waals surface area contributed by atoms with Gasteiger partial charge in [-0.15, -0.1) is 0 Å². The average Bonchev–Trinajstić information content (AvgIpc) is 2.60. The molecular weight excluding hydrogens is 378 g/mol. The summed E-state index contributed by atoms with van der Waals surface area (Å²) in [6.45, 7) is 20.0. The summed E-state index contributed by atoms with van der Waals surface area (Å²) >= 11 is 0. The van der Waals surface area contributed by atoms with Gasteiger partial charge in [0.1, 0.15) is 5.75 Å². The second-order valence-corrected chi connectivity index (χ2v) is 9.60. The Balaban J connectivity index is 0.00000420. The highest BCUT2D eigenvalue weighted by Crippen LogP contribution is 2.34.